The summed E-state index contributed by atoms with van der Waals surface area (Å²) in [7, 11) is 0. The van der Waals surface area contributed by atoms with Crippen molar-refractivity contribution in [2.75, 3.05) is 17.2 Å². The molecule has 0 aliphatic carbocycles. The fourth-order valence-corrected chi connectivity index (χ4v) is 2.78. The molecule has 2 aromatic rings. The summed E-state index contributed by atoms with van der Waals surface area (Å²) in [5.74, 6) is -0.109. The fourth-order valence-electron chi connectivity index (χ4n) is 2.78. The molecule has 0 unspecified atom stereocenters. The number of benzene rings is 2. The molecule has 0 radical (unpaired) electrons. The molecule has 2 aromatic carbocycles. The van der Waals surface area contributed by atoms with Crippen LogP contribution in [0.2, 0.25) is 0 Å². The van der Waals surface area contributed by atoms with Crippen molar-refractivity contribution in [3.63, 3.8) is 0 Å². The minimum absolute atomic E-state index is 0.248. The number of rotatable bonds is 8. The molecule has 0 atom stereocenters. The SMILES string of the molecule is CCOc1ccccc1NC(=O)CC(=O)Nc1c(CC)cccc1CC. The Hall–Kier alpha value is -2.82. The van der Waals surface area contributed by atoms with Crippen molar-refractivity contribution < 1.29 is 14.3 Å². The van der Waals surface area contributed by atoms with Gasteiger partial charge in [0.1, 0.15) is 12.2 Å². The standard InChI is InChI=1S/C21H26N2O3/c1-4-15-10-9-11-16(5-2)21(15)23-20(25)14-19(24)22-17-12-7-8-13-18(17)26-6-3/h7-13H,4-6,14H2,1-3H3,(H,22,24)(H,23,25). The Morgan fingerprint density at radius 3 is 2.08 bits per heavy atom. The fraction of sp³-hybridized carbons (Fsp3) is 0.333. The highest BCUT2D eigenvalue weighted by Crippen LogP contribution is 2.25. The Morgan fingerprint density at radius 2 is 1.46 bits per heavy atom. The third-order valence-corrected chi connectivity index (χ3v) is 4.05. The van der Waals surface area contributed by atoms with Gasteiger partial charge in [-0.05, 0) is 43.0 Å². The van der Waals surface area contributed by atoms with E-state index < -0.39 is 0 Å². The van der Waals surface area contributed by atoms with Crippen LogP contribution >= 0.6 is 0 Å². The highest BCUT2D eigenvalue weighted by atomic mass is 16.5. The van der Waals surface area contributed by atoms with Gasteiger partial charge in [-0.25, -0.2) is 0 Å². The monoisotopic (exact) mass is 354 g/mol. The summed E-state index contributed by atoms with van der Waals surface area (Å²) in [6.07, 6.45) is 1.39. The number of ether oxygens (including phenoxy) is 1. The van der Waals surface area contributed by atoms with Crippen LogP contribution in [0, 0.1) is 0 Å². The van der Waals surface area contributed by atoms with Crippen LogP contribution in [0.25, 0.3) is 0 Å². The van der Waals surface area contributed by atoms with Crippen LogP contribution in [0.3, 0.4) is 0 Å². The van der Waals surface area contributed by atoms with Gasteiger partial charge >= 0.3 is 0 Å². The van der Waals surface area contributed by atoms with E-state index in [4.69, 9.17) is 4.74 Å². The van der Waals surface area contributed by atoms with Gasteiger partial charge in [-0.2, -0.15) is 0 Å². The second kappa shape index (κ2) is 9.61. The van der Waals surface area contributed by atoms with Crippen molar-refractivity contribution >= 4 is 23.2 Å². The van der Waals surface area contributed by atoms with Gasteiger partial charge in [0, 0.05) is 5.69 Å². The van der Waals surface area contributed by atoms with Crippen LogP contribution in [0.15, 0.2) is 42.5 Å². The van der Waals surface area contributed by atoms with Gasteiger partial charge in [0.25, 0.3) is 0 Å². The van der Waals surface area contributed by atoms with E-state index in [1.165, 1.54) is 0 Å². The van der Waals surface area contributed by atoms with Crippen molar-refractivity contribution in [2.45, 2.75) is 40.0 Å². The molecule has 0 saturated heterocycles. The molecular weight excluding hydrogens is 328 g/mol. The number of hydrogen-bond donors (Lipinski definition) is 2. The lowest BCUT2D eigenvalue weighted by Crippen LogP contribution is -2.22. The lowest BCUT2D eigenvalue weighted by molar-refractivity contribution is -0.123. The van der Waals surface area contributed by atoms with Crippen LogP contribution in [0.1, 0.15) is 38.3 Å². The Bertz CT molecular complexity index is 749. The van der Waals surface area contributed by atoms with Gasteiger partial charge in [-0.1, -0.05) is 44.2 Å². The van der Waals surface area contributed by atoms with Crippen molar-refractivity contribution in [1.29, 1.82) is 0 Å². The van der Waals surface area contributed by atoms with Gasteiger partial charge in [0.2, 0.25) is 11.8 Å². The maximum Gasteiger partial charge on any atom is 0.233 e. The minimum atomic E-state index is -0.373. The van der Waals surface area contributed by atoms with E-state index in [9.17, 15) is 9.59 Å². The van der Waals surface area contributed by atoms with Gasteiger partial charge in [0.15, 0.2) is 0 Å². The van der Waals surface area contributed by atoms with E-state index in [2.05, 4.69) is 10.6 Å². The van der Waals surface area contributed by atoms with E-state index in [0.29, 0.717) is 18.0 Å². The number of carbonyl (C=O) groups is 2. The quantitative estimate of drug-likeness (QED) is 0.699. The number of hydrogen-bond acceptors (Lipinski definition) is 3. The average molecular weight is 354 g/mol. The normalized spacial score (nSPS) is 10.3. The summed E-state index contributed by atoms with van der Waals surface area (Å²) in [4.78, 5) is 24.6. The van der Waals surface area contributed by atoms with Crippen LogP contribution in [-0.2, 0) is 22.4 Å². The van der Waals surface area contributed by atoms with E-state index >= 15 is 0 Å². The second-order valence-electron chi connectivity index (χ2n) is 5.86. The summed E-state index contributed by atoms with van der Waals surface area (Å²) in [6.45, 7) is 6.47. The second-order valence-corrected chi connectivity index (χ2v) is 5.86. The highest BCUT2D eigenvalue weighted by Gasteiger charge is 2.15. The third kappa shape index (κ3) is 5.09. The number of amides is 2. The lowest BCUT2D eigenvalue weighted by atomic mass is 10.0. The largest absolute Gasteiger partial charge is 0.492 e. The van der Waals surface area contributed by atoms with Crippen molar-refractivity contribution in [1.82, 2.24) is 0 Å². The lowest BCUT2D eigenvalue weighted by Gasteiger charge is -2.15. The summed E-state index contributed by atoms with van der Waals surface area (Å²) in [5, 5.41) is 5.65. The van der Waals surface area contributed by atoms with E-state index in [1.807, 2.05) is 51.1 Å². The predicted molar refractivity (Wildman–Crippen MR) is 105 cm³/mol. The molecule has 0 aliphatic rings. The number of carbonyl (C=O) groups excluding carboxylic acids is 2. The summed E-state index contributed by atoms with van der Waals surface area (Å²) in [6, 6.07) is 13.2. The molecule has 0 heterocycles. The Labute approximate surface area is 154 Å². The molecule has 0 spiro atoms. The molecule has 5 nitrogen and oxygen atoms in total. The highest BCUT2D eigenvalue weighted by molar-refractivity contribution is 6.08. The van der Waals surface area contributed by atoms with Crippen molar-refractivity contribution in [2.24, 2.45) is 0 Å². The van der Waals surface area contributed by atoms with Crippen LogP contribution in [-0.4, -0.2) is 18.4 Å². The molecular formula is C21H26N2O3. The zero-order valence-corrected chi connectivity index (χ0v) is 15.6. The number of anilines is 2. The number of aryl methyl sites for hydroxylation is 2. The Balaban J connectivity index is 2.04. The Morgan fingerprint density at radius 1 is 0.846 bits per heavy atom. The zero-order chi connectivity index (χ0) is 18.9. The van der Waals surface area contributed by atoms with Gasteiger partial charge in [-0.15, -0.1) is 0 Å². The maximum absolute atomic E-state index is 12.4. The van der Waals surface area contributed by atoms with E-state index in [0.717, 1.165) is 29.7 Å². The first-order valence-corrected chi connectivity index (χ1v) is 9.01. The molecule has 26 heavy (non-hydrogen) atoms. The first kappa shape index (κ1) is 19.5. The van der Waals surface area contributed by atoms with Crippen LogP contribution in [0.4, 0.5) is 11.4 Å². The topological polar surface area (TPSA) is 67.4 Å². The first-order chi connectivity index (χ1) is 12.6. The third-order valence-electron chi connectivity index (χ3n) is 4.05. The zero-order valence-electron chi connectivity index (χ0n) is 15.6. The number of para-hydroxylation sites is 3. The first-order valence-electron chi connectivity index (χ1n) is 9.01. The molecule has 0 saturated carbocycles. The summed E-state index contributed by atoms with van der Waals surface area (Å²) < 4.78 is 5.48. The number of nitrogens with one attached hydrogen (secondary N) is 2. The molecule has 2 N–H and O–H groups in total. The molecule has 138 valence electrons. The predicted octanol–water partition coefficient (Wildman–Crippen LogP) is 4.18. The smallest absolute Gasteiger partial charge is 0.233 e. The minimum Gasteiger partial charge on any atom is -0.492 e. The van der Waals surface area contributed by atoms with E-state index in [1.54, 1.807) is 12.1 Å². The van der Waals surface area contributed by atoms with Gasteiger partial charge < -0.3 is 15.4 Å². The summed E-state index contributed by atoms with van der Waals surface area (Å²) in [5.41, 5.74) is 3.53. The van der Waals surface area contributed by atoms with E-state index in [-0.39, 0.29) is 18.2 Å². The molecule has 5 heteroatoms. The van der Waals surface area contributed by atoms with Crippen molar-refractivity contribution in [3.05, 3.63) is 53.6 Å². The maximum atomic E-state index is 12.4. The molecule has 2 amide bonds. The van der Waals surface area contributed by atoms with Crippen molar-refractivity contribution in [3.8, 4) is 5.75 Å². The molecule has 2 rings (SSSR count). The molecule has 0 aromatic heterocycles. The van der Waals surface area contributed by atoms with Crippen LogP contribution in [0.5, 0.6) is 5.75 Å². The summed E-state index contributed by atoms with van der Waals surface area (Å²) >= 11 is 0. The Kier molecular flexibility index (Phi) is 7.21. The molecule has 0 fully saturated rings. The van der Waals surface area contributed by atoms with Gasteiger partial charge in [-0.3, -0.25) is 9.59 Å². The molecule has 0 bridgehead atoms. The van der Waals surface area contributed by atoms with Crippen LogP contribution < -0.4 is 15.4 Å². The van der Waals surface area contributed by atoms with Gasteiger partial charge in [0.05, 0.1) is 12.3 Å². The molecule has 0 aliphatic heterocycles. The average Bonchev–Trinajstić information content (AvgIpc) is 2.63.